The van der Waals surface area contributed by atoms with Crippen LogP contribution >= 0.6 is 22.6 Å². The Hall–Kier alpha value is -0.310. The summed E-state index contributed by atoms with van der Waals surface area (Å²) in [6, 6.07) is 6.51. The summed E-state index contributed by atoms with van der Waals surface area (Å²) in [5, 5.41) is 0. The van der Waals surface area contributed by atoms with E-state index in [1.807, 2.05) is 6.08 Å². The topological polar surface area (TPSA) is 0 Å². The zero-order valence-corrected chi connectivity index (χ0v) is 8.76. The number of aryl methyl sites for hydroxylation is 1. The smallest absolute Gasteiger partial charge is 0.0139 e. The highest BCUT2D eigenvalue weighted by molar-refractivity contribution is 14.1. The molecule has 0 N–H and O–H groups in total. The third-order valence-electron chi connectivity index (χ3n) is 1.62. The first-order valence-corrected chi connectivity index (χ1v) is 4.76. The fourth-order valence-electron chi connectivity index (χ4n) is 0.997. The molecule has 1 rings (SSSR count). The molecule has 1 aromatic rings. The highest BCUT2D eigenvalue weighted by atomic mass is 127. The summed E-state index contributed by atoms with van der Waals surface area (Å²) in [5.41, 5.74) is 2.60. The fourth-order valence-corrected chi connectivity index (χ4v) is 1.76. The van der Waals surface area contributed by atoms with Crippen molar-refractivity contribution < 1.29 is 0 Å². The second-order valence-electron chi connectivity index (χ2n) is 2.45. The zero-order chi connectivity index (χ0) is 8.27. The van der Waals surface area contributed by atoms with Crippen LogP contribution in [0.5, 0.6) is 0 Å². The van der Waals surface area contributed by atoms with E-state index < -0.39 is 0 Å². The minimum absolute atomic E-state index is 1.09. The maximum absolute atomic E-state index is 3.74. The quantitative estimate of drug-likeness (QED) is 0.712. The van der Waals surface area contributed by atoms with E-state index in [0.29, 0.717) is 0 Å². The Balaban J connectivity index is 3.11. The van der Waals surface area contributed by atoms with Crippen molar-refractivity contribution in [2.24, 2.45) is 0 Å². The lowest BCUT2D eigenvalue weighted by atomic mass is 10.1. The minimum atomic E-state index is 1.09. The second kappa shape index (κ2) is 3.90. The Morgan fingerprint density at radius 1 is 1.45 bits per heavy atom. The van der Waals surface area contributed by atoms with Gasteiger partial charge in [-0.2, -0.15) is 0 Å². The molecule has 0 amide bonds. The van der Waals surface area contributed by atoms with Crippen LogP contribution in [-0.2, 0) is 6.42 Å². The van der Waals surface area contributed by atoms with Gasteiger partial charge in [-0.1, -0.05) is 25.6 Å². The normalized spacial score (nSPS) is 9.64. The van der Waals surface area contributed by atoms with E-state index in [-0.39, 0.29) is 0 Å². The maximum atomic E-state index is 3.74. The molecular formula is C10H11I. The van der Waals surface area contributed by atoms with Crippen molar-refractivity contribution in [1.82, 2.24) is 0 Å². The molecule has 0 aromatic heterocycles. The van der Waals surface area contributed by atoms with Crippen molar-refractivity contribution in [3.63, 3.8) is 0 Å². The molecule has 0 heterocycles. The van der Waals surface area contributed by atoms with Gasteiger partial charge in [-0.3, -0.25) is 0 Å². The van der Waals surface area contributed by atoms with Crippen molar-refractivity contribution >= 4 is 28.7 Å². The van der Waals surface area contributed by atoms with Crippen LogP contribution in [0.4, 0.5) is 0 Å². The van der Waals surface area contributed by atoms with Crippen LogP contribution in [0, 0.1) is 3.57 Å². The largest absolute Gasteiger partial charge is 0.0985 e. The number of rotatable bonds is 2. The van der Waals surface area contributed by atoms with Crippen molar-refractivity contribution in [2.45, 2.75) is 13.3 Å². The van der Waals surface area contributed by atoms with Crippen LogP contribution in [-0.4, -0.2) is 0 Å². The molecule has 1 aromatic carbocycles. The molecule has 0 aliphatic carbocycles. The Bertz CT molecular complexity index is 264. The van der Waals surface area contributed by atoms with Crippen LogP contribution in [0.1, 0.15) is 18.1 Å². The van der Waals surface area contributed by atoms with Crippen molar-refractivity contribution in [3.8, 4) is 0 Å². The number of hydrogen-bond acceptors (Lipinski definition) is 0. The average Bonchev–Trinajstić information content (AvgIpc) is 2.03. The first-order chi connectivity index (χ1) is 5.26. The van der Waals surface area contributed by atoms with Gasteiger partial charge in [-0.25, -0.2) is 0 Å². The monoisotopic (exact) mass is 258 g/mol. The van der Waals surface area contributed by atoms with E-state index in [1.165, 1.54) is 14.7 Å². The molecule has 58 valence electrons. The molecule has 0 saturated carbocycles. The second-order valence-corrected chi connectivity index (χ2v) is 3.70. The van der Waals surface area contributed by atoms with Crippen LogP contribution in [0.3, 0.4) is 0 Å². The minimum Gasteiger partial charge on any atom is -0.0985 e. The SMILES string of the molecule is C=Cc1cc(I)cc(CC)c1. The van der Waals surface area contributed by atoms with E-state index in [1.54, 1.807) is 0 Å². The summed E-state index contributed by atoms with van der Waals surface area (Å²) in [5.74, 6) is 0. The van der Waals surface area contributed by atoms with Gasteiger partial charge in [0, 0.05) is 3.57 Å². The molecule has 0 aliphatic heterocycles. The third kappa shape index (κ3) is 2.33. The predicted octanol–water partition coefficient (Wildman–Crippen LogP) is 3.50. The van der Waals surface area contributed by atoms with Crippen molar-refractivity contribution in [1.29, 1.82) is 0 Å². The standard InChI is InChI=1S/C10H11I/c1-3-8-5-9(4-2)7-10(11)6-8/h3,5-7H,1,4H2,2H3. The van der Waals surface area contributed by atoms with Gasteiger partial charge in [0.2, 0.25) is 0 Å². The first kappa shape index (κ1) is 8.78. The van der Waals surface area contributed by atoms with E-state index in [4.69, 9.17) is 0 Å². The summed E-state index contributed by atoms with van der Waals surface area (Å²) < 4.78 is 1.29. The maximum Gasteiger partial charge on any atom is 0.0139 e. The van der Waals surface area contributed by atoms with Crippen LogP contribution in [0.25, 0.3) is 6.08 Å². The first-order valence-electron chi connectivity index (χ1n) is 3.68. The molecule has 0 aliphatic rings. The Labute approximate surface area is 81.5 Å². The predicted molar refractivity (Wildman–Crippen MR) is 58.6 cm³/mol. The van der Waals surface area contributed by atoms with Gasteiger partial charge >= 0.3 is 0 Å². The number of benzene rings is 1. The highest BCUT2D eigenvalue weighted by Gasteiger charge is 1.93. The summed E-state index contributed by atoms with van der Waals surface area (Å²) >= 11 is 2.33. The summed E-state index contributed by atoms with van der Waals surface area (Å²) in [7, 11) is 0. The zero-order valence-electron chi connectivity index (χ0n) is 6.60. The Morgan fingerprint density at radius 3 is 2.73 bits per heavy atom. The third-order valence-corrected chi connectivity index (χ3v) is 2.25. The summed E-state index contributed by atoms with van der Waals surface area (Å²) in [4.78, 5) is 0. The van der Waals surface area contributed by atoms with E-state index in [2.05, 4.69) is 54.3 Å². The lowest BCUT2D eigenvalue weighted by Gasteiger charge is -2.00. The highest BCUT2D eigenvalue weighted by Crippen LogP contribution is 2.13. The molecule has 0 radical (unpaired) electrons. The van der Waals surface area contributed by atoms with Crippen molar-refractivity contribution in [3.05, 3.63) is 39.5 Å². The molecule has 0 spiro atoms. The van der Waals surface area contributed by atoms with Gasteiger partial charge in [-0.05, 0) is 52.3 Å². The number of halogens is 1. The number of hydrogen-bond donors (Lipinski definition) is 0. The molecule has 11 heavy (non-hydrogen) atoms. The molecule has 0 bridgehead atoms. The lowest BCUT2D eigenvalue weighted by molar-refractivity contribution is 1.13. The van der Waals surface area contributed by atoms with E-state index in [9.17, 15) is 0 Å². The van der Waals surface area contributed by atoms with Gasteiger partial charge in [0.15, 0.2) is 0 Å². The van der Waals surface area contributed by atoms with Gasteiger partial charge < -0.3 is 0 Å². The van der Waals surface area contributed by atoms with Crippen LogP contribution < -0.4 is 0 Å². The molecule has 0 nitrogen and oxygen atoms in total. The van der Waals surface area contributed by atoms with Gasteiger partial charge in [0.1, 0.15) is 0 Å². The lowest BCUT2D eigenvalue weighted by Crippen LogP contribution is -1.83. The fraction of sp³-hybridized carbons (Fsp3) is 0.200. The summed E-state index contributed by atoms with van der Waals surface area (Å²) in [6.07, 6.45) is 2.99. The van der Waals surface area contributed by atoms with E-state index in [0.717, 1.165) is 6.42 Å². The van der Waals surface area contributed by atoms with E-state index >= 15 is 0 Å². The van der Waals surface area contributed by atoms with Gasteiger partial charge in [-0.15, -0.1) is 0 Å². The van der Waals surface area contributed by atoms with Crippen molar-refractivity contribution in [2.75, 3.05) is 0 Å². The van der Waals surface area contributed by atoms with Crippen LogP contribution in [0.2, 0.25) is 0 Å². The van der Waals surface area contributed by atoms with Gasteiger partial charge in [0.05, 0.1) is 0 Å². The molecule has 0 saturated heterocycles. The van der Waals surface area contributed by atoms with Gasteiger partial charge in [0.25, 0.3) is 0 Å². The molecule has 0 atom stereocenters. The average molecular weight is 258 g/mol. The molecule has 0 unspecified atom stereocenters. The Kier molecular flexibility index (Phi) is 3.12. The molecular weight excluding hydrogens is 247 g/mol. The summed E-state index contributed by atoms with van der Waals surface area (Å²) in [6.45, 7) is 5.91. The van der Waals surface area contributed by atoms with Crippen LogP contribution in [0.15, 0.2) is 24.8 Å². The Morgan fingerprint density at radius 2 is 2.18 bits per heavy atom. The molecule has 0 fully saturated rings. The molecule has 1 heteroatoms.